The third-order valence-corrected chi connectivity index (χ3v) is 5.79. The second-order valence-electron chi connectivity index (χ2n) is 8.25. The molecule has 2 heterocycles. The van der Waals surface area contributed by atoms with E-state index in [1.54, 1.807) is 24.3 Å². The van der Waals surface area contributed by atoms with Crippen LogP contribution in [0.5, 0.6) is 0 Å². The summed E-state index contributed by atoms with van der Waals surface area (Å²) in [5, 5.41) is 7.16. The first-order valence-electron chi connectivity index (χ1n) is 11.1. The van der Waals surface area contributed by atoms with E-state index in [4.69, 9.17) is 0 Å². The number of hydrogen-bond donors (Lipinski definition) is 3. The summed E-state index contributed by atoms with van der Waals surface area (Å²) in [4.78, 5) is 50.5. The molecule has 2 aliphatic heterocycles. The van der Waals surface area contributed by atoms with Gasteiger partial charge in [0.1, 0.15) is 0 Å². The maximum Gasteiger partial charge on any atom is 0.251 e. The SMILES string of the molecule is O=C(CN1CCC(NC(=O)c2ccc(N3NC(=O)CCC3=O)cc2)CC1)Nc1ccccc1. The van der Waals surface area contributed by atoms with Crippen molar-refractivity contribution in [1.82, 2.24) is 15.6 Å². The van der Waals surface area contributed by atoms with Crippen LogP contribution in [-0.4, -0.2) is 54.2 Å². The zero-order chi connectivity index (χ0) is 23.2. The number of rotatable bonds is 6. The van der Waals surface area contributed by atoms with Crippen LogP contribution in [0.1, 0.15) is 36.0 Å². The van der Waals surface area contributed by atoms with Crippen LogP contribution in [0.4, 0.5) is 11.4 Å². The molecule has 4 rings (SSSR count). The minimum atomic E-state index is -0.208. The highest BCUT2D eigenvalue weighted by Gasteiger charge is 2.25. The molecule has 0 saturated carbocycles. The Hall–Kier alpha value is -3.72. The fourth-order valence-corrected chi connectivity index (χ4v) is 3.97. The molecule has 0 radical (unpaired) electrons. The third kappa shape index (κ3) is 5.95. The molecule has 4 amide bonds. The van der Waals surface area contributed by atoms with Crippen LogP contribution in [0.15, 0.2) is 54.6 Å². The summed E-state index contributed by atoms with van der Waals surface area (Å²) in [7, 11) is 0. The first kappa shape index (κ1) is 22.5. The van der Waals surface area contributed by atoms with E-state index in [0.29, 0.717) is 17.8 Å². The van der Waals surface area contributed by atoms with E-state index in [1.165, 1.54) is 5.01 Å². The van der Waals surface area contributed by atoms with Gasteiger partial charge < -0.3 is 10.6 Å². The van der Waals surface area contributed by atoms with Crippen LogP contribution >= 0.6 is 0 Å². The molecule has 0 spiro atoms. The van der Waals surface area contributed by atoms with Gasteiger partial charge in [0.15, 0.2) is 0 Å². The Morgan fingerprint density at radius 2 is 1.64 bits per heavy atom. The van der Waals surface area contributed by atoms with Crippen molar-refractivity contribution in [2.24, 2.45) is 0 Å². The molecule has 2 aliphatic rings. The number of nitrogens with zero attached hydrogens (tertiary/aromatic N) is 2. The van der Waals surface area contributed by atoms with E-state index in [-0.39, 0.29) is 42.5 Å². The van der Waals surface area contributed by atoms with Gasteiger partial charge >= 0.3 is 0 Å². The van der Waals surface area contributed by atoms with Crippen molar-refractivity contribution in [3.05, 3.63) is 60.2 Å². The molecule has 2 fully saturated rings. The van der Waals surface area contributed by atoms with Gasteiger partial charge in [0.2, 0.25) is 17.7 Å². The molecule has 0 atom stereocenters. The van der Waals surface area contributed by atoms with Crippen molar-refractivity contribution < 1.29 is 19.2 Å². The maximum atomic E-state index is 12.6. The Balaban J connectivity index is 1.23. The van der Waals surface area contributed by atoms with E-state index >= 15 is 0 Å². The fourth-order valence-electron chi connectivity index (χ4n) is 3.97. The van der Waals surface area contributed by atoms with Crippen LogP contribution in [-0.2, 0) is 14.4 Å². The normalized spacial score (nSPS) is 17.4. The summed E-state index contributed by atoms with van der Waals surface area (Å²) < 4.78 is 0. The smallest absolute Gasteiger partial charge is 0.251 e. The molecule has 2 saturated heterocycles. The number of benzene rings is 2. The van der Waals surface area contributed by atoms with Crippen LogP contribution in [0.3, 0.4) is 0 Å². The molecule has 9 heteroatoms. The van der Waals surface area contributed by atoms with Crippen molar-refractivity contribution in [3.8, 4) is 0 Å². The van der Waals surface area contributed by atoms with Crippen molar-refractivity contribution in [2.75, 3.05) is 30.0 Å². The summed E-state index contributed by atoms with van der Waals surface area (Å²) in [5.41, 5.74) is 4.32. The Morgan fingerprint density at radius 1 is 0.939 bits per heavy atom. The predicted molar refractivity (Wildman–Crippen MR) is 123 cm³/mol. The van der Waals surface area contributed by atoms with E-state index in [9.17, 15) is 19.2 Å². The number of para-hydroxylation sites is 1. The molecule has 0 unspecified atom stereocenters. The summed E-state index contributed by atoms with van der Waals surface area (Å²) >= 11 is 0. The quantitative estimate of drug-likeness (QED) is 0.622. The van der Waals surface area contributed by atoms with Crippen molar-refractivity contribution in [2.45, 2.75) is 31.7 Å². The summed E-state index contributed by atoms with van der Waals surface area (Å²) in [6.45, 7) is 1.77. The van der Waals surface area contributed by atoms with Gasteiger partial charge in [-0.15, -0.1) is 0 Å². The Kier molecular flexibility index (Phi) is 6.99. The molecule has 0 aromatic heterocycles. The van der Waals surface area contributed by atoms with Crippen molar-refractivity contribution in [1.29, 1.82) is 0 Å². The summed E-state index contributed by atoms with van der Waals surface area (Å²) in [5.74, 6) is -0.626. The van der Waals surface area contributed by atoms with Gasteiger partial charge in [0, 0.05) is 43.2 Å². The standard InChI is InChI=1S/C24H27N5O4/c30-21-10-11-23(32)29(27-21)20-8-6-17(7-9-20)24(33)26-19-12-14-28(15-13-19)16-22(31)25-18-4-2-1-3-5-18/h1-9,19H,10-16H2,(H,25,31)(H,26,33)(H,27,30). The van der Waals surface area contributed by atoms with Gasteiger partial charge in [-0.1, -0.05) is 18.2 Å². The molecule has 9 nitrogen and oxygen atoms in total. The minimum Gasteiger partial charge on any atom is -0.349 e. The molecule has 0 aliphatic carbocycles. The Bertz CT molecular complexity index is 1020. The highest BCUT2D eigenvalue weighted by Crippen LogP contribution is 2.18. The number of hydrogen-bond acceptors (Lipinski definition) is 5. The lowest BCUT2D eigenvalue weighted by atomic mass is 10.0. The van der Waals surface area contributed by atoms with Crippen LogP contribution in [0, 0.1) is 0 Å². The lowest BCUT2D eigenvalue weighted by Crippen LogP contribution is -2.50. The molecular formula is C24H27N5O4. The molecule has 0 bridgehead atoms. The van der Waals surface area contributed by atoms with Gasteiger partial charge in [0.25, 0.3) is 5.91 Å². The van der Waals surface area contributed by atoms with Gasteiger partial charge in [-0.3, -0.25) is 29.5 Å². The molecule has 2 aromatic rings. The highest BCUT2D eigenvalue weighted by atomic mass is 16.2. The van der Waals surface area contributed by atoms with Gasteiger partial charge in [-0.2, -0.15) is 0 Å². The van der Waals surface area contributed by atoms with Crippen molar-refractivity contribution in [3.63, 3.8) is 0 Å². The number of piperidine rings is 1. The largest absolute Gasteiger partial charge is 0.349 e. The molecule has 172 valence electrons. The number of amides is 4. The maximum absolute atomic E-state index is 12.6. The Labute approximate surface area is 192 Å². The highest BCUT2D eigenvalue weighted by molar-refractivity contribution is 6.01. The number of carbonyl (C=O) groups excluding carboxylic acids is 4. The molecule has 2 aromatic carbocycles. The van der Waals surface area contributed by atoms with E-state index in [0.717, 1.165) is 31.6 Å². The summed E-state index contributed by atoms with van der Waals surface area (Å²) in [6.07, 6.45) is 1.88. The number of hydrazine groups is 1. The van der Waals surface area contributed by atoms with Gasteiger partial charge in [-0.25, -0.2) is 5.01 Å². The monoisotopic (exact) mass is 449 g/mol. The van der Waals surface area contributed by atoms with Gasteiger partial charge in [-0.05, 0) is 49.2 Å². The topological polar surface area (TPSA) is 111 Å². The van der Waals surface area contributed by atoms with Crippen LogP contribution < -0.4 is 21.1 Å². The van der Waals surface area contributed by atoms with E-state index in [1.807, 2.05) is 30.3 Å². The second kappa shape index (κ2) is 10.3. The van der Waals surface area contributed by atoms with Crippen LogP contribution in [0.2, 0.25) is 0 Å². The molecular weight excluding hydrogens is 422 g/mol. The first-order valence-corrected chi connectivity index (χ1v) is 11.1. The average molecular weight is 450 g/mol. The van der Waals surface area contributed by atoms with Crippen molar-refractivity contribution >= 4 is 35.0 Å². The van der Waals surface area contributed by atoms with Crippen LogP contribution in [0.25, 0.3) is 0 Å². The number of nitrogens with one attached hydrogen (secondary N) is 3. The lowest BCUT2D eigenvalue weighted by Gasteiger charge is -2.32. The van der Waals surface area contributed by atoms with Gasteiger partial charge in [0.05, 0.1) is 12.2 Å². The number of anilines is 2. The lowest BCUT2D eigenvalue weighted by molar-refractivity contribution is -0.130. The predicted octanol–water partition coefficient (Wildman–Crippen LogP) is 1.68. The minimum absolute atomic E-state index is 0.0357. The van der Waals surface area contributed by atoms with E-state index in [2.05, 4.69) is 21.0 Å². The summed E-state index contributed by atoms with van der Waals surface area (Å²) in [6, 6.07) is 16.0. The first-order chi connectivity index (χ1) is 16.0. The number of carbonyl (C=O) groups is 4. The second-order valence-corrected chi connectivity index (χ2v) is 8.25. The molecule has 33 heavy (non-hydrogen) atoms. The average Bonchev–Trinajstić information content (AvgIpc) is 2.82. The zero-order valence-electron chi connectivity index (χ0n) is 18.3. The van der Waals surface area contributed by atoms with E-state index < -0.39 is 0 Å². The Morgan fingerprint density at radius 3 is 2.33 bits per heavy atom. The third-order valence-electron chi connectivity index (χ3n) is 5.79. The fraction of sp³-hybridized carbons (Fsp3) is 0.333. The molecule has 3 N–H and O–H groups in total. The number of likely N-dealkylation sites (tertiary alicyclic amines) is 1. The zero-order valence-corrected chi connectivity index (χ0v) is 18.3.